The molecule has 0 rings (SSSR count). The van der Waals surface area contributed by atoms with Gasteiger partial charge in [0.05, 0.1) is 5.84 Å². The van der Waals surface area contributed by atoms with Crippen LogP contribution in [0.25, 0.3) is 0 Å². The van der Waals surface area contributed by atoms with Crippen LogP contribution in [0.3, 0.4) is 0 Å². The van der Waals surface area contributed by atoms with Gasteiger partial charge < -0.3 is 5.73 Å². The summed E-state index contributed by atoms with van der Waals surface area (Å²) in [4.78, 5) is 3.83. The highest BCUT2D eigenvalue weighted by Crippen LogP contribution is 1.99. The van der Waals surface area contributed by atoms with Gasteiger partial charge in [-0.1, -0.05) is 0 Å². The molecule has 3 heteroatoms. The number of aliphatic imine (C=N–C) groups is 1. The third-order valence-corrected chi connectivity index (χ3v) is 0.824. The van der Waals surface area contributed by atoms with E-state index < -0.39 is 6.17 Å². The molecule has 1 atom stereocenters. The average molecular weight is 144 g/mol. The maximum atomic E-state index is 12.2. The van der Waals surface area contributed by atoms with Gasteiger partial charge in [-0.25, -0.2) is 9.38 Å². The Morgan fingerprint density at radius 1 is 1.60 bits per heavy atom. The molecule has 2 N–H and O–H groups in total. The van der Waals surface area contributed by atoms with E-state index in [1.54, 1.807) is 13.8 Å². The zero-order valence-electron chi connectivity index (χ0n) is 6.56. The third-order valence-electron chi connectivity index (χ3n) is 0.824. The summed E-state index contributed by atoms with van der Waals surface area (Å²) in [6.07, 6.45) is 0.458. The number of rotatable bonds is 2. The topological polar surface area (TPSA) is 38.4 Å². The summed E-state index contributed by atoms with van der Waals surface area (Å²) < 4.78 is 12.2. The Hall–Kier alpha value is -0.860. The lowest BCUT2D eigenvalue weighted by Crippen LogP contribution is -2.05. The molecule has 10 heavy (non-hydrogen) atoms. The molecule has 0 aliphatic rings. The summed E-state index contributed by atoms with van der Waals surface area (Å²) in [5.41, 5.74) is 5.88. The first-order valence-corrected chi connectivity index (χ1v) is 3.15. The highest BCUT2D eigenvalue weighted by molar-refractivity contribution is 5.78. The summed E-state index contributed by atoms with van der Waals surface area (Å²) in [6.45, 7) is 4.83. The van der Waals surface area contributed by atoms with Crippen molar-refractivity contribution in [2.45, 2.75) is 26.9 Å². The van der Waals surface area contributed by atoms with Crippen LogP contribution in [-0.4, -0.2) is 12.0 Å². The molecule has 0 aliphatic heterocycles. The monoisotopic (exact) mass is 144 g/mol. The Bertz CT molecular complexity index is 155. The molecule has 0 saturated heterocycles. The van der Waals surface area contributed by atoms with Crippen LogP contribution in [0.5, 0.6) is 0 Å². The molecule has 0 aliphatic carbocycles. The minimum absolute atomic E-state index is 0.453. The molecule has 0 aromatic rings. The minimum Gasteiger partial charge on any atom is -0.387 e. The van der Waals surface area contributed by atoms with Gasteiger partial charge in [0.15, 0.2) is 0 Å². The van der Waals surface area contributed by atoms with Crippen LogP contribution in [0.4, 0.5) is 4.39 Å². The van der Waals surface area contributed by atoms with Gasteiger partial charge in [0.1, 0.15) is 6.17 Å². The third kappa shape index (κ3) is 5.28. The number of nitrogens with two attached hydrogens (primary N) is 1. The van der Waals surface area contributed by atoms with E-state index in [1.807, 2.05) is 0 Å². The summed E-state index contributed by atoms with van der Waals surface area (Å²) in [7, 11) is 0. The highest BCUT2D eigenvalue weighted by Gasteiger charge is 1.91. The van der Waals surface area contributed by atoms with E-state index in [9.17, 15) is 4.39 Å². The average Bonchev–Trinajstić information content (AvgIpc) is 1.58. The standard InChI is InChI=1S/C7H13FN2/c1-5(8)4-6(2)10-7(3)9/h4-5H,1-3H3,(H2,9,10). The normalized spacial score (nSPS) is 17.2. The predicted molar refractivity (Wildman–Crippen MR) is 41.6 cm³/mol. The molecular weight excluding hydrogens is 131 g/mol. The number of nitrogens with zero attached hydrogens (tertiary/aromatic N) is 1. The number of hydrogen-bond acceptors (Lipinski definition) is 1. The summed E-state index contributed by atoms with van der Waals surface area (Å²) in [6, 6.07) is 0. The minimum atomic E-state index is -0.955. The molecule has 0 aromatic carbocycles. The Labute approximate surface area is 60.6 Å². The number of allylic oxidation sites excluding steroid dienone is 2. The molecule has 1 unspecified atom stereocenters. The summed E-state index contributed by atoms with van der Waals surface area (Å²) >= 11 is 0. The van der Waals surface area contributed by atoms with Crippen molar-refractivity contribution < 1.29 is 4.39 Å². The zero-order chi connectivity index (χ0) is 8.15. The van der Waals surface area contributed by atoms with Crippen LogP contribution >= 0.6 is 0 Å². The maximum absolute atomic E-state index is 12.2. The van der Waals surface area contributed by atoms with Gasteiger partial charge >= 0.3 is 0 Å². The molecule has 0 fully saturated rings. The maximum Gasteiger partial charge on any atom is 0.117 e. The van der Waals surface area contributed by atoms with Crippen LogP contribution in [0.1, 0.15) is 20.8 Å². The van der Waals surface area contributed by atoms with Crippen molar-refractivity contribution >= 4 is 5.84 Å². The fraction of sp³-hybridized carbons (Fsp3) is 0.571. The van der Waals surface area contributed by atoms with Gasteiger partial charge in [-0.3, -0.25) is 0 Å². The Morgan fingerprint density at radius 3 is 2.40 bits per heavy atom. The first-order valence-electron chi connectivity index (χ1n) is 3.15. The second kappa shape index (κ2) is 4.04. The fourth-order valence-electron chi connectivity index (χ4n) is 0.648. The molecule has 2 nitrogen and oxygen atoms in total. The van der Waals surface area contributed by atoms with Gasteiger partial charge in [0.25, 0.3) is 0 Å². The second-order valence-corrected chi connectivity index (χ2v) is 2.24. The first-order chi connectivity index (χ1) is 4.52. The van der Waals surface area contributed by atoms with E-state index in [0.29, 0.717) is 11.5 Å². The van der Waals surface area contributed by atoms with Gasteiger partial charge in [-0.05, 0) is 26.8 Å². The van der Waals surface area contributed by atoms with Crippen molar-refractivity contribution in [1.82, 2.24) is 0 Å². The van der Waals surface area contributed by atoms with Crippen LogP contribution in [-0.2, 0) is 0 Å². The van der Waals surface area contributed by atoms with Gasteiger partial charge in [0, 0.05) is 5.70 Å². The van der Waals surface area contributed by atoms with E-state index in [4.69, 9.17) is 5.73 Å². The van der Waals surface area contributed by atoms with E-state index in [0.717, 1.165) is 0 Å². The quantitative estimate of drug-likeness (QED) is 0.464. The molecular formula is C7H13FN2. The number of alkyl halides is 1. The van der Waals surface area contributed by atoms with E-state index >= 15 is 0 Å². The summed E-state index contributed by atoms with van der Waals surface area (Å²) in [5.74, 6) is 0.453. The molecule has 0 heterocycles. The van der Waals surface area contributed by atoms with Crippen LogP contribution in [0.2, 0.25) is 0 Å². The molecule has 0 radical (unpaired) electrons. The fourth-order valence-corrected chi connectivity index (χ4v) is 0.648. The zero-order valence-corrected chi connectivity index (χ0v) is 6.56. The van der Waals surface area contributed by atoms with Crippen molar-refractivity contribution in [2.75, 3.05) is 0 Å². The molecule has 0 spiro atoms. The molecule has 0 amide bonds. The van der Waals surface area contributed by atoms with Crippen LogP contribution in [0, 0.1) is 0 Å². The van der Waals surface area contributed by atoms with E-state index in [2.05, 4.69) is 4.99 Å². The molecule has 0 aromatic heterocycles. The largest absolute Gasteiger partial charge is 0.387 e. The van der Waals surface area contributed by atoms with Gasteiger partial charge in [-0.2, -0.15) is 0 Å². The number of halogens is 1. The molecule has 58 valence electrons. The van der Waals surface area contributed by atoms with Crippen molar-refractivity contribution in [3.05, 3.63) is 11.8 Å². The highest BCUT2D eigenvalue weighted by atomic mass is 19.1. The molecule has 0 saturated carbocycles. The number of amidine groups is 1. The lowest BCUT2D eigenvalue weighted by molar-refractivity contribution is 0.428. The Balaban J connectivity index is 4.08. The van der Waals surface area contributed by atoms with Gasteiger partial charge in [0.2, 0.25) is 0 Å². The Kier molecular flexibility index (Phi) is 3.69. The lowest BCUT2D eigenvalue weighted by atomic mass is 10.3. The van der Waals surface area contributed by atoms with Crippen LogP contribution < -0.4 is 5.73 Å². The van der Waals surface area contributed by atoms with Gasteiger partial charge in [-0.15, -0.1) is 0 Å². The van der Waals surface area contributed by atoms with Crippen molar-refractivity contribution in [3.63, 3.8) is 0 Å². The smallest absolute Gasteiger partial charge is 0.117 e. The second-order valence-electron chi connectivity index (χ2n) is 2.24. The number of hydrogen-bond donors (Lipinski definition) is 1. The van der Waals surface area contributed by atoms with Crippen molar-refractivity contribution in [2.24, 2.45) is 10.7 Å². The first kappa shape index (κ1) is 9.14. The summed E-state index contributed by atoms with van der Waals surface area (Å²) in [5, 5.41) is 0. The SMILES string of the molecule is CC(=CC(C)F)N=C(C)N. The Morgan fingerprint density at radius 2 is 2.10 bits per heavy atom. The van der Waals surface area contributed by atoms with E-state index in [1.165, 1.54) is 13.0 Å². The van der Waals surface area contributed by atoms with E-state index in [-0.39, 0.29) is 0 Å². The van der Waals surface area contributed by atoms with Crippen molar-refractivity contribution in [3.8, 4) is 0 Å². The van der Waals surface area contributed by atoms with Crippen LogP contribution in [0.15, 0.2) is 16.8 Å². The molecule has 0 bridgehead atoms. The predicted octanol–water partition coefficient (Wildman–Crippen LogP) is 1.63. The lowest BCUT2D eigenvalue weighted by Gasteiger charge is -1.94. The van der Waals surface area contributed by atoms with Crippen molar-refractivity contribution in [1.29, 1.82) is 0 Å².